The van der Waals surface area contributed by atoms with Crippen LogP contribution in [0.15, 0.2) is 18.2 Å². The second-order valence-electron chi connectivity index (χ2n) is 3.12. The maximum atomic E-state index is 9.00. The fraction of sp³-hybridized carbons (Fsp3) is 0.364. The molecule has 4 nitrogen and oxygen atoms in total. The number of hydrogen-bond donors (Lipinski definition) is 3. The minimum atomic E-state index is -0.111. The number of rotatable bonds is 4. The second kappa shape index (κ2) is 7.22. The van der Waals surface area contributed by atoms with Crippen molar-refractivity contribution in [2.24, 2.45) is 0 Å². The van der Waals surface area contributed by atoms with Gasteiger partial charge in [0, 0.05) is 5.56 Å². The Bertz CT molecular complexity index is 333. The van der Waals surface area contributed by atoms with Gasteiger partial charge in [-0.15, -0.1) is 12.4 Å². The Morgan fingerprint density at radius 1 is 1.19 bits per heavy atom. The van der Waals surface area contributed by atoms with Crippen LogP contribution in [0.5, 0.6) is 0 Å². The minimum Gasteiger partial charge on any atom is -0.478 e. The Kier molecular flexibility index (Phi) is 6.72. The van der Waals surface area contributed by atoms with Gasteiger partial charge < -0.3 is 14.9 Å². The summed E-state index contributed by atoms with van der Waals surface area (Å²) in [6.07, 6.45) is 0. The quantitative estimate of drug-likeness (QED) is 0.555. The lowest BCUT2D eigenvalue weighted by Gasteiger charge is -2.08. The smallest absolute Gasteiger partial charge is 0.213 e. The molecule has 0 aliphatic carbocycles. The zero-order valence-corrected chi connectivity index (χ0v) is 9.88. The second-order valence-corrected chi connectivity index (χ2v) is 3.12. The third-order valence-electron chi connectivity index (χ3n) is 1.97. The van der Waals surface area contributed by atoms with Gasteiger partial charge in [-0.05, 0) is 30.2 Å². The number of aliphatic hydroxyl groups is 2. The predicted molar refractivity (Wildman–Crippen MR) is 64.0 cm³/mol. The van der Waals surface area contributed by atoms with E-state index in [9.17, 15) is 0 Å². The van der Waals surface area contributed by atoms with Gasteiger partial charge in [0.25, 0.3) is 0 Å². The van der Waals surface area contributed by atoms with Crippen molar-refractivity contribution >= 4 is 18.3 Å². The number of halogens is 1. The lowest BCUT2D eigenvalue weighted by Crippen LogP contribution is -2.06. The summed E-state index contributed by atoms with van der Waals surface area (Å²) >= 11 is 0. The van der Waals surface area contributed by atoms with Crippen molar-refractivity contribution in [3.63, 3.8) is 0 Å². The van der Waals surface area contributed by atoms with E-state index in [2.05, 4.69) is 0 Å². The van der Waals surface area contributed by atoms with Crippen molar-refractivity contribution in [1.82, 2.24) is 0 Å². The minimum absolute atomic E-state index is 0. The first-order valence-corrected chi connectivity index (χ1v) is 4.77. The first-order valence-electron chi connectivity index (χ1n) is 4.77. The van der Waals surface area contributed by atoms with Gasteiger partial charge in [0.05, 0.1) is 19.8 Å². The molecule has 0 amide bonds. The van der Waals surface area contributed by atoms with Crippen LogP contribution in [-0.4, -0.2) is 22.7 Å². The molecule has 1 rings (SSSR count). The van der Waals surface area contributed by atoms with Crippen molar-refractivity contribution in [3.05, 3.63) is 34.9 Å². The van der Waals surface area contributed by atoms with E-state index in [4.69, 9.17) is 20.4 Å². The largest absolute Gasteiger partial charge is 0.478 e. The van der Waals surface area contributed by atoms with Gasteiger partial charge in [-0.1, -0.05) is 6.07 Å². The topological polar surface area (TPSA) is 73.5 Å². The van der Waals surface area contributed by atoms with Crippen LogP contribution in [0.1, 0.15) is 23.6 Å². The molecular formula is C11H16ClNO3. The van der Waals surface area contributed by atoms with Crippen LogP contribution in [0, 0.1) is 5.41 Å². The van der Waals surface area contributed by atoms with E-state index in [0.717, 1.165) is 0 Å². The Labute approximate surface area is 101 Å². The lowest BCUT2D eigenvalue weighted by molar-refractivity contribution is 0.275. The zero-order valence-electron chi connectivity index (χ0n) is 9.06. The third-order valence-corrected chi connectivity index (χ3v) is 1.97. The van der Waals surface area contributed by atoms with Crippen molar-refractivity contribution in [3.8, 4) is 0 Å². The summed E-state index contributed by atoms with van der Waals surface area (Å²) in [5.74, 6) is 0.0579. The van der Waals surface area contributed by atoms with Gasteiger partial charge in [0.1, 0.15) is 0 Å². The number of aliphatic hydroxyl groups excluding tert-OH is 2. The molecule has 90 valence electrons. The number of nitrogens with one attached hydrogen (secondary N) is 1. The summed E-state index contributed by atoms with van der Waals surface area (Å²) in [7, 11) is 0. The Morgan fingerprint density at radius 2 is 1.69 bits per heavy atom. The van der Waals surface area contributed by atoms with Crippen LogP contribution in [0.25, 0.3) is 0 Å². The van der Waals surface area contributed by atoms with Gasteiger partial charge in [0.2, 0.25) is 5.90 Å². The van der Waals surface area contributed by atoms with Gasteiger partial charge in [-0.2, -0.15) is 0 Å². The molecule has 0 spiro atoms. The van der Waals surface area contributed by atoms with E-state index < -0.39 is 0 Å². The van der Waals surface area contributed by atoms with Crippen molar-refractivity contribution in [2.45, 2.75) is 20.1 Å². The molecule has 5 heteroatoms. The van der Waals surface area contributed by atoms with Crippen LogP contribution in [-0.2, 0) is 18.0 Å². The molecule has 1 aromatic rings. The lowest BCUT2D eigenvalue weighted by atomic mass is 10.1. The predicted octanol–water partition coefficient (Wildman–Crippen LogP) is 1.45. The summed E-state index contributed by atoms with van der Waals surface area (Å²) in [5, 5.41) is 25.6. The highest BCUT2D eigenvalue weighted by Gasteiger charge is 2.05. The van der Waals surface area contributed by atoms with Crippen molar-refractivity contribution < 1.29 is 14.9 Å². The summed E-state index contributed by atoms with van der Waals surface area (Å²) in [5.41, 5.74) is 1.91. The van der Waals surface area contributed by atoms with Gasteiger partial charge in [-0.3, -0.25) is 5.41 Å². The normalized spacial score (nSPS) is 9.44. The molecule has 0 bridgehead atoms. The summed E-state index contributed by atoms with van der Waals surface area (Å²) in [6.45, 7) is 2.01. The summed E-state index contributed by atoms with van der Waals surface area (Å²) in [4.78, 5) is 0. The first-order chi connectivity index (χ1) is 7.21. The van der Waals surface area contributed by atoms with Crippen LogP contribution in [0.3, 0.4) is 0 Å². The average molecular weight is 246 g/mol. The summed E-state index contributed by atoms with van der Waals surface area (Å²) < 4.78 is 5.05. The maximum absolute atomic E-state index is 9.00. The molecule has 0 atom stereocenters. The molecular weight excluding hydrogens is 230 g/mol. The molecule has 3 N–H and O–H groups in total. The third kappa shape index (κ3) is 3.81. The molecule has 0 radical (unpaired) electrons. The Morgan fingerprint density at radius 3 is 2.06 bits per heavy atom. The number of benzene rings is 1. The molecule has 16 heavy (non-hydrogen) atoms. The van der Waals surface area contributed by atoms with Gasteiger partial charge in [0.15, 0.2) is 0 Å². The monoisotopic (exact) mass is 245 g/mol. The fourth-order valence-electron chi connectivity index (χ4n) is 1.30. The fourth-order valence-corrected chi connectivity index (χ4v) is 1.30. The van der Waals surface area contributed by atoms with E-state index in [0.29, 0.717) is 23.3 Å². The Hall–Kier alpha value is -1.10. The molecule has 0 aliphatic rings. The first kappa shape index (κ1) is 14.9. The molecule has 0 saturated heterocycles. The molecule has 0 unspecified atom stereocenters. The molecule has 0 aliphatic heterocycles. The van der Waals surface area contributed by atoms with Gasteiger partial charge in [-0.25, -0.2) is 0 Å². The van der Waals surface area contributed by atoms with E-state index in [1.165, 1.54) is 0 Å². The number of ether oxygens (including phenoxy) is 1. The molecule has 0 fully saturated rings. The molecule has 1 aromatic carbocycles. The summed E-state index contributed by atoms with van der Waals surface area (Å²) in [6, 6.07) is 5.05. The highest BCUT2D eigenvalue weighted by Crippen LogP contribution is 2.12. The van der Waals surface area contributed by atoms with Crippen LogP contribution < -0.4 is 0 Å². The maximum Gasteiger partial charge on any atom is 0.213 e. The van der Waals surface area contributed by atoms with E-state index >= 15 is 0 Å². The van der Waals surface area contributed by atoms with E-state index in [1.54, 1.807) is 25.1 Å². The van der Waals surface area contributed by atoms with Crippen molar-refractivity contribution in [1.29, 1.82) is 5.41 Å². The Balaban J connectivity index is 0.00000225. The molecule has 0 heterocycles. The van der Waals surface area contributed by atoms with Crippen molar-refractivity contribution in [2.75, 3.05) is 6.61 Å². The van der Waals surface area contributed by atoms with Crippen LogP contribution in [0.2, 0.25) is 0 Å². The zero-order chi connectivity index (χ0) is 11.3. The highest BCUT2D eigenvalue weighted by atomic mass is 35.5. The van der Waals surface area contributed by atoms with E-state index in [1.807, 2.05) is 0 Å². The average Bonchev–Trinajstić information content (AvgIpc) is 2.28. The highest BCUT2D eigenvalue weighted by molar-refractivity contribution is 5.92. The molecule has 0 saturated carbocycles. The molecule has 0 aromatic heterocycles. The van der Waals surface area contributed by atoms with Crippen LogP contribution in [0.4, 0.5) is 0 Å². The van der Waals surface area contributed by atoms with E-state index in [-0.39, 0.29) is 31.5 Å². The standard InChI is InChI=1S/C11H15NO3.ClH/c1-2-15-11(12)10-4-8(6-13)3-9(5-10)7-14;/h3-5,12-14H,2,6-7H2,1H3;1H. The van der Waals surface area contributed by atoms with Gasteiger partial charge >= 0.3 is 0 Å². The SMILES string of the molecule is CCOC(=N)c1cc(CO)cc(CO)c1.Cl. The number of hydrogen-bond acceptors (Lipinski definition) is 4. The van der Waals surface area contributed by atoms with Crippen LogP contribution >= 0.6 is 12.4 Å².